The van der Waals surface area contributed by atoms with Crippen LogP contribution in [0, 0.1) is 19.8 Å². The number of hydrogen-bond acceptors (Lipinski definition) is 4. The summed E-state index contributed by atoms with van der Waals surface area (Å²) in [5.74, 6) is 1.01. The molecule has 2 heterocycles. The van der Waals surface area contributed by atoms with E-state index in [4.69, 9.17) is 4.74 Å². The second-order valence-electron chi connectivity index (χ2n) is 9.80. The summed E-state index contributed by atoms with van der Waals surface area (Å²) < 4.78 is 6.27. The Balaban J connectivity index is 1.55. The van der Waals surface area contributed by atoms with Crippen molar-refractivity contribution in [2.45, 2.75) is 46.6 Å². The zero-order valence-corrected chi connectivity index (χ0v) is 22.5. The molecule has 3 aromatic rings. The van der Waals surface area contributed by atoms with Gasteiger partial charge in [0.1, 0.15) is 18.9 Å². The lowest BCUT2D eigenvalue weighted by Gasteiger charge is -2.37. The van der Waals surface area contributed by atoms with Crippen molar-refractivity contribution < 1.29 is 14.3 Å². The first-order valence-corrected chi connectivity index (χ1v) is 13.7. The van der Waals surface area contributed by atoms with Crippen molar-refractivity contribution >= 4 is 23.2 Å². The molecule has 0 bridgehead atoms. The van der Waals surface area contributed by atoms with Crippen LogP contribution in [0.15, 0.2) is 60.0 Å². The van der Waals surface area contributed by atoms with E-state index in [1.807, 2.05) is 54.3 Å². The number of benzene rings is 2. The van der Waals surface area contributed by atoms with Crippen LogP contribution in [0.25, 0.3) is 0 Å². The van der Waals surface area contributed by atoms with E-state index in [1.54, 1.807) is 16.2 Å². The van der Waals surface area contributed by atoms with E-state index < -0.39 is 0 Å². The molecule has 1 aliphatic rings. The zero-order valence-electron chi connectivity index (χ0n) is 21.7. The molecule has 190 valence electrons. The molecule has 0 unspecified atom stereocenters. The Morgan fingerprint density at radius 2 is 1.92 bits per heavy atom. The van der Waals surface area contributed by atoms with Crippen molar-refractivity contribution in [2.75, 3.05) is 26.2 Å². The van der Waals surface area contributed by atoms with Crippen LogP contribution >= 0.6 is 11.3 Å². The Morgan fingerprint density at radius 3 is 2.64 bits per heavy atom. The van der Waals surface area contributed by atoms with E-state index in [-0.39, 0.29) is 24.4 Å². The van der Waals surface area contributed by atoms with Gasteiger partial charge in [-0.3, -0.25) is 9.59 Å². The number of amides is 2. The summed E-state index contributed by atoms with van der Waals surface area (Å²) in [6, 6.07) is 17.3. The zero-order chi connectivity index (χ0) is 25.7. The fraction of sp³-hybridized carbons (Fsp3) is 0.400. The van der Waals surface area contributed by atoms with E-state index in [1.165, 1.54) is 10.4 Å². The Bertz CT molecular complexity index is 1190. The Hall–Kier alpha value is -3.12. The van der Waals surface area contributed by atoms with E-state index in [0.29, 0.717) is 31.2 Å². The van der Waals surface area contributed by atoms with Gasteiger partial charge in [0.2, 0.25) is 5.91 Å². The molecule has 6 heteroatoms. The summed E-state index contributed by atoms with van der Waals surface area (Å²) >= 11 is 1.74. The summed E-state index contributed by atoms with van der Waals surface area (Å²) in [6.07, 6.45) is 1.78. The molecule has 0 radical (unpaired) electrons. The van der Waals surface area contributed by atoms with Gasteiger partial charge in [0.25, 0.3) is 5.91 Å². The van der Waals surface area contributed by atoms with Crippen molar-refractivity contribution in [1.82, 2.24) is 9.80 Å². The van der Waals surface area contributed by atoms with E-state index in [9.17, 15) is 9.59 Å². The third kappa shape index (κ3) is 5.98. The molecule has 2 atom stereocenters. The van der Waals surface area contributed by atoms with Crippen molar-refractivity contribution in [3.8, 4) is 5.75 Å². The largest absolute Gasteiger partial charge is 0.491 e. The summed E-state index contributed by atoms with van der Waals surface area (Å²) in [6.45, 7) is 9.98. The summed E-state index contributed by atoms with van der Waals surface area (Å²) in [5.41, 5.74) is 4.05. The highest BCUT2D eigenvalue weighted by Gasteiger charge is 2.34. The fourth-order valence-electron chi connectivity index (χ4n) is 4.75. The number of carbonyl (C=O) groups excluding carboxylic acids is 2. The number of aryl methyl sites for hydroxylation is 2. The Kier molecular flexibility index (Phi) is 8.47. The van der Waals surface area contributed by atoms with Gasteiger partial charge in [-0.05, 0) is 67.0 Å². The molecular weight excluding hydrogens is 468 g/mol. The first-order valence-electron chi connectivity index (χ1n) is 12.8. The molecule has 2 aromatic carbocycles. The molecule has 0 N–H and O–H groups in total. The molecule has 5 nitrogen and oxygen atoms in total. The van der Waals surface area contributed by atoms with Crippen LogP contribution in [0.4, 0.5) is 0 Å². The number of carbonyl (C=O) groups is 2. The molecule has 36 heavy (non-hydrogen) atoms. The maximum absolute atomic E-state index is 13.8. The lowest BCUT2D eigenvalue weighted by molar-refractivity contribution is -0.135. The molecule has 0 saturated heterocycles. The number of ether oxygens (including phenoxy) is 1. The van der Waals surface area contributed by atoms with Crippen LogP contribution < -0.4 is 4.74 Å². The molecule has 4 rings (SSSR count). The van der Waals surface area contributed by atoms with Gasteiger partial charge in [-0.25, -0.2) is 0 Å². The van der Waals surface area contributed by atoms with Crippen LogP contribution in [0.1, 0.15) is 58.2 Å². The molecule has 1 aliphatic heterocycles. The highest BCUT2D eigenvalue weighted by atomic mass is 32.1. The number of rotatable bonds is 9. The smallest absolute Gasteiger partial charge is 0.254 e. The van der Waals surface area contributed by atoms with E-state index in [0.717, 1.165) is 29.7 Å². The second-order valence-corrected chi connectivity index (χ2v) is 10.8. The third-order valence-corrected chi connectivity index (χ3v) is 8.00. The van der Waals surface area contributed by atoms with Crippen molar-refractivity contribution in [3.63, 3.8) is 0 Å². The molecular formula is C30H36N2O3S. The highest BCUT2D eigenvalue weighted by Crippen LogP contribution is 2.34. The minimum Gasteiger partial charge on any atom is -0.491 e. The monoisotopic (exact) mass is 504 g/mol. The standard InChI is InChI=1S/C30H36N2O3S/c1-5-21(2)18-31(30(34)24-9-7-6-8-10-24)19-29(33)32-15-13-28-25(14-16-36-28)26(32)20-35-27-12-11-22(3)17-23(27)4/h6-12,14,16-17,21,26H,5,13,15,18-20H2,1-4H3/t21-,26+/m0/s1. The maximum Gasteiger partial charge on any atom is 0.254 e. The maximum atomic E-state index is 13.8. The number of fused-ring (bicyclic) bond motifs is 1. The second kappa shape index (κ2) is 11.7. The number of hydrogen-bond donors (Lipinski definition) is 0. The van der Waals surface area contributed by atoms with Crippen molar-refractivity contribution in [1.29, 1.82) is 0 Å². The van der Waals surface area contributed by atoms with Crippen LogP contribution in [-0.2, 0) is 11.2 Å². The predicted octanol–water partition coefficient (Wildman–Crippen LogP) is 6.06. The Labute approximate surface area is 218 Å². The van der Waals surface area contributed by atoms with Crippen LogP contribution in [-0.4, -0.2) is 47.9 Å². The minimum absolute atomic E-state index is 0.0336. The van der Waals surface area contributed by atoms with Crippen LogP contribution in [0.2, 0.25) is 0 Å². The molecule has 0 aliphatic carbocycles. The molecule has 0 saturated carbocycles. The molecule has 0 spiro atoms. The van der Waals surface area contributed by atoms with Gasteiger partial charge >= 0.3 is 0 Å². The van der Waals surface area contributed by atoms with Gasteiger partial charge in [0.05, 0.1) is 6.04 Å². The fourth-order valence-corrected chi connectivity index (χ4v) is 5.67. The third-order valence-electron chi connectivity index (χ3n) is 7.01. The van der Waals surface area contributed by atoms with Crippen molar-refractivity contribution in [2.24, 2.45) is 5.92 Å². The average Bonchev–Trinajstić information content (AvgIpc) is 3.37. The lowest BCUT2D eigenvalue weighted by Crippen LogP contribution is -2.48. The van der Waals surface area contributed by atoms with Gasteiger partial charge in [0.15, 0.2) is 0 Å². The van der Waals surface area contributed by atoms with Gasteiger partial charge < -0.3 is 14.5 Å². The lowest BCUT2D eigenvalue weighted by atomic mass is 10.00. The van der Waals surface area contributed by atoms with Gasteiger partial charge in [-0.15, -0.1) is 11.3 Å². The van der Waals surface area contributed by atoms with Crippen LogP contribution in [0.5, 0.6) is 5.75 Å². The first-order chi connectivity index (χ1) is 17.4. The summed E-state index contributed by atoms with van der Waals surface area (Å²) in [4.78, 5) is 32.1. The SMILES string of the molecule is CC[C@H](C)CN(CC(=O)N1CCc2sccc2[C@H]1COc1ccc(C)cc1C)C(=O)c1ccccc1. The van der Waals surface area contributed by atoms with Crippen molar-refractivity contribution in [3.05, 3.63) is 87.1 Å². The van der Waals surface area contributed by atoms with E-state index >= 15 is 0 Å². The summed E-state index contributed by atoms with van der Waals surface area (Å²) in [5, 5.41) is 2.09. The molecule has 0 fully saturated rings. The van der Waals surface area contributed by atoms with Gasteiger partial charge in [-0.1, -0.05) is 56.2 Å². The molecule has 1 aromatic heterocycles. The Morgan fingerprint density at radius 1 is 1.14 bits per heavy atom. The van der Waals surface area contributed by atoms with Gasteiger partial charge in [0, 0.05) is 23.5 Å². The number of thiophene rings is 1. The average molecular weight is 505 g/mol. The molecule has 2 amide bonds. The normalized spacial score (nSPS) is 15.8. The topological polar surface area (TPSA) is 49.9 Å². The number of nitrogens with zero attached hydrogens (tertiary/aromatic N) is 2. The minimum atomic E-state index is -0.175. The first kappa shape index (κ1) is 26.0. The van der Waals surface area contributed by atoms with Crippen LogP contribution in [0.3, 0.4) is 0 Å². The highest BCUT2D eigenvalue weighted by molar-refractivity contribution is 7.10. The summed E-state index contributed by atoms with van der Waals surface area (Å²) in [7, 11) is 0. The van der Waals surface area contributed by atoms with E-state index in [2.05, 4.69) is 38.3 Å². The predicted molar refractivity (Wildman–Crippen MR) is 146 cm³/mol. The van der Waals surface area contributed by atoms with Gasteiger partial charge in [-0.2, -0.15) is 0 Å². The quantitative estimate of drug-likeness (QED) is 0.356.